The number of benzene rings is 2. The number of carbonyl (C=O) groups excluding carboxylic acids is 1. The maximum Gasteiger partial charge on any atom is 0.303 e. The molecule has 0 atom stereocenters. The van der Waals surface area contributed by atoms with Crippen LogP contribution < -0.4 is 4.74 Å². The number of aliphatic carboxylic acids is 1. The molecule has 1 aliphatic carbocycles. The first-order valence-electron chi connectivity index (χ1n) is 7.96. The predicted octanol–water partition coefficient (Wildman–Crippen LogP) is 5.03. The summed E-state index contributed by atoms with van der Waals surface area (Å²) in [5, 5.41) is 9.61. The lowest BCUT2D eigenvalue weighted by Gasteiger charge is -2.14. The molecular weight excluding hydrogens is 363 g/mol. The van der Waals surface area contributed by atoms with Gasteiger partial charge in [-0.05, 0) is 48.2 Å². The Balaban J connectivity index is 1.96. The van der Waals surface area contributed by atoms with Crippen molar-refractivity contribution in [1.29, 1.82) is 0 Å². The molecular formula is C19H16Cl2O4. The van der Waals surface area contributed by atoms with Crippen molar-refractivity contribution < 1.29 is 19.4 Å². The third-order valence-electron chi connectivity index (χ3n) is 4.15. The molecule has 0 aliphatic heterocycles. The molecule has 0 aromatic heterocycles. The van der Waals surface area contributed by atoms with E-state index in [1.807, 2.05) is 18.2 Å². The summed E-state index contributed by atoms with van der Waals surface area (Å²) < 4.78 is 5.82. The SMILES string of the molecule is O=C(O)CCCOc1cc2c(cc1-c1ccc(Cl)c(Cl)c1)C(=O)CC2. The van der Waals surface area contributed by atoms with Crippen molar-refractivity contribution in [2.45, 2.75) is 25.7 Å². The third kappa shape index (κ3) is 3.97. The number of hydrogen-bond donors (Lipinski definition) is 1. The molecule has 0 amide bonds. The summed E-state index contributed by atoms with van der Waals surface area (Å²) in [6.45, 7) is 0.285. The van der Waals surface area contributed by atoms with Crippen molar-refractivity contribution >= 4 is 35.0 Å². The second kappa shape index (κ2) is 7.46. The Labute approximate surface area is 155 Å². The molecule has 0 unspecified atom stereocenters. The molecule has 2 aromatic rings. The maximum absolute atomic E-state index is 12.1. The summed E-state index contributed by atoms with van der Waals surface area (Å²) in [7, 11) is 0. The lowest BCUT2D eigenvalue weighted by Crippen LogP contribution is -2.04. The molecule has 1 aliphatic rings. The average molecular weight is 379 g/mol. The minimum Gasteiger partial charge on any atom is -0.493 e. The Bertz CT molecular complexity index is 846. The zero-order chi connectivity index (χ0) is 18.0. The molecule has 1 N–H and O–H groups in total. The molecule has 0 saturated heterocycles. The van der Waals surface area contributed by atoms with Crippen LogP contribution in [-0.2, 0) is 11.2 Å². The summed E-state index contributed by atoms with van der Waals surface area (Å²) in [5.41, 5.74) is 3.22. The van der Waals surface area contributed by atoms with E-state index in [1.54, 1.807) is 12.1 Å². The van der Waals surface area contributed by atoms with Crippen molar-refractivity contribution in [2.24, 2.45) is 0 Å². The standard InChI is InChI=1S/C19H16Cl2O4/c20-15-5-3-11(8-16(15)21)14-10-13-12(4-6-17(13)22)9-18(14)25-7-1-2-19(23)24/h3,5,8-10H,1-2,4,6-7H2,(H,23,24). The van der Waals surface area contributed by atoms with Gasteiger partial charge in [0.05, 0.1) is 16.7 Å². The number of ether oxygens (including phenoxy) is 1. The number of carboxylic acids is 1. The van der Waals surface area contributed by atoms with Gasteiger partial charge in [-0.25, -0.2) is 0 Å². The fourth-order valence-electron chi connectivity index (χ4n) is 2.89. The number of carbonyl (C=O) groups is 2. The Morgan fingerprint density at radius 3 is 2.60 bits per heavy atom. The number of carboxylic acid groups (broad SMARTS) is 1. The van der Waals surface area contributed by atoms with Crippen LogP contribution in [0.15, 0.2) is 30.3 Å². The molecule has 25 heavy (non-hydrogen) atoms. The lowest BCUT2D eigenvalue weighted by molar-refractivity contribution is -0.137. The molecule has 0 heterocycles. The normalized spacial score (nSPS) is 13.0. The number of fused-ring (bicyclic) bond motifs is 1. The van der Waals surface area contributed by atoms with E-state index in [2.05, 4.69) is 0 Å². The van der Waals surface area contributed by atoms with Crippen molar-refractivity contribution in [2.75, 3.05) is 6.61 Å². The Morgan fingerprint density at radius 2 is 1.88 bits per heavy atom. The first-order chi connectivity index (χ1) is 12.0. The zero-order valence-corrected chi connectivity index (χ0v) is 14.9. The van der Waals surface area contributed by atoms with Gasteiger partial charge in [-0.3, -0.25) is 9.59 Å². The van der Waals surface area contributed by atoms with E-state index in [-0.39, 0.29) is 18.8 Å². The van der Waals surface area contributed by atoms with E-state index in [9.17, 15) is 9.59 Å². The van der Waals surface area contributed by atoms with Gasteiger partial charge in [-0.2, -0.15) is 0 Å². The molecule has 0 spiro atoms. The number of ketones is 1. The van der Waals surface area contributed by atoms with Crippen LogP contribution in [0, 0.1) is 0 Å². The summed E-state index contributed by atoms with van der Waals surface area (Å²) >= 11 is 12.1. The van der Waals surface area contributed by atoms with Crippen molar-refractivity contribution in [3.63, 3.8) is 0 Å². The Hall–Kier alpha value is -2.04. The van der Waals surface area contributed by atoms with Gasteiger partial charge in [0, 0.05) is 24.0 Å². The number of rotatable bonds is 6. The zero-order valence-electron chi connectivity index (χ0n) is 13.4. The van der Waals surface area contributed by atoms with Crippen LogP contribution in [0.5, 0.6) is 5.75 Å². The summed E-state index contributed by atoms with van der Waals surface area (Å²) in [6.07, 6.45) is 1.65. The first-order valence-corrected chi connectivity index (χ1v) is 8.71. The molecule has 0 fully saturated rings. The first kappa shape index (κ1) is 17.8. The second-order valence-electron chi connectivity index (χ2n) is 5.90. The highest BCUT2D eigenvalue weighted by molar-refractivity contribution is 6.42. The van der Waals surface area contributed by atoms with Gasteiger partial charge in [0.15, 0.2) is 5.78 Å². The molecule has 130 valence electrons. The smallest absolute Gasteiger partial charge is 0.303 e. The molecule has 4 nitrogen and oxygen atoms in total. The minimum absolute atomic E-state index is 0.0472. The van der Waals surface area contributed by atoms with Gasteiger partial charge in [0.2, 0.25) is 0 Å². The van der Waals surface area contributed by atoms with Crippen molar-refractivity contribution in [3.05, 3.63) is 51.5 Å². The minimum atomic E-state index is -0.854. The van der Waals surface area contributed by atoms with Crippen molar-refractivity contribution in [3.8, 4) is 16.9 Å². The van der Waals surface area contributed by atoms with Gasteiger partial charge in [-0.15, -0.1) is 0 Å². The van der Waals surface area contributed by atoms with Crippen LogP contribution in [0.3, 0.4) is 0 Å². The summed E-state index contributed by atoms with van der Waals surface area (Å²) in [4.78, 5) is 22.7. The third-order valence-corrected chi connectivity index (χ3v) is 4.89. The number of Topliss-reactive ketones (excluding diaryl/α,β-unsaturated/α-hetero) is 1. The molecule has 3 rings (SSSR count). The molecule has 0 bridgehead atoms. The quantitative estimate of drug-likeness (QED) is 0.715. The largest absolute Gasteiger partial charge is 0.493 e. The maximum atomic E-state index is 12.1. The Kier molecular flexibility index (Phi) is 5.30. The van der Waals surface area contributed by atoms with Crippen LogP contribution in [0.25, 0.3) is 11.1 Å². The van der Waals surface area contributed by atoms with Gasteiger partial charge < -0.3 is 9.84 Å². The second-order valence-corrected chi connectivity index (χ2v) is 6.72. The summed E-state index contributed by atoms with van der Waals surface area (Å²) in [6, 6.07) is 8.95. The topological polar surface area (TPSA) is 63.6 Å². The molecule has 6 heteroatoms. The lowest BCUT2D eigenvalue weighted by atomic mass is 9.99. The van der Waals surface area contributed by atoms with Crippen LogP contribution in [-0.4, -0.2) is 23.5 Å². The van der Waals surface area contributed by atoms with E-state index in [0.717, 1.165) is 16.7 Å². The number of halogens is 2. The van der Waals surface area contributed by atoms with Gasteiger partial charge >= 0.3 is 5.97 Å². The highest BCUT2D eigenvalue weighted by atomic mass is 35.5. The van der Waals surface area contributed by atoms with E-state index in [4.69, 9.17) is 33.0 Å². The molecule has 2 aromatic carbocycles. The van der Waals surface area contributed by atoms with Gasteiger partial charge in [0.1, 0.15) is 5.75 Å². The van der Waals surface area contributed by atoms with Crippen LogP contribution in [0.1, 0.15) is 35.2 Å². The van der Waals surface area contributed by atoms with E-state index >= 15 is 0 Å². The highest BCUT2D eigenvalue weighted by Crippen LogP contribution is 2.38. The van der Waals surface area contributed by atoms with E-state index in [1.165, 1.54) is 0 Å². The molecule has 0 radical (unpaired) electrons. The summed E-state index contributed by atoms with van der Waals surface area (Å²) in [5.74, 6) is -0.112. The number of hydrogen-bond acceptors (Lipinski definition) is 3. The van der Waals surface area contributed by atoms with E-state index < -0.39 is 5.97 Å². The number of aryl methyl sites for hydroxylation is 1. The molecule has 0 saturated carbocycles. The van der Waals surface area contributed by atoms with Crippen LogP contribution in [0.4, 0.5) is 0 Å². The monoisotopic (exact) mass is 378 g/mol. The van der Waals surface area contributed by atoms with Gasteiger partial charge in [0.25, 0.3) is 0 Å². The van der Waals surface area contributed by atoms with Crippen LogP contribution >= 0.6 is 23.2 Å². The van der Waals surface area contributed by atoms with Crippen LogP contribution in [0.2, 0.25) is 10.0 Å². The van der Waals surface area contributed by atoms with E-state index in [0.29, 0.717) is 40.6 Å². The average Bonchev–Trinajstić information content (AvgIpc) is 2.93. The highest BCUT2D eigenvalue weighted by Gasteiger charge is 2.23. The van der Waals surface area contributed by atoms with Crippen molar-refractivity contribution in [1.82, 2.24) is 0 Å². The fourth-order valence-corrected chi connectivity index (χ4v) is 3.18. The Morgan fingerprint density at radius 1 is 1.08 bits per heavy atom. The fraction of sp³-hybridized carbons (Fsp3) is 0.263. The predicted molar refractivity (Wildman–Crippen MR) is 96.9 cm³/mol. The van der Waals surface area contributed by atoms with Gasteiger partial charge in [-0.1, -0.05) is 29.3 Å².